The number of carbonyl (C=O) groups excluding carboxylic acids is 5. The van der Waals surface area contributed by atoms with Gasteiger partial charge in [-0.2, -0.15) is 16.9 Å². The van der Waals surface area contributed by atoms with Crippen LogP contribution in [0.5, 0.6) is 0 Å². The number of aliphatic hydroxyl groups is 1. The summed E-state index contributed by atoms with van der Waals surface area (Å²) >= 11 is 3.00. The van der Waals surface area contributed by atoms with Crippen molar-refractivity contribution in [3.8, 4) is 11.1 Å². The Morgan fingerprint density at radius 3 is 2.42 bits per heavy atom. The number of thiazole rings is 1. The molecule has 2 unspecified atom stereocenters. The Morgan fingerprint density at radius 2 is 1.70 bits per heavy atom. The average Bonchev–Trinajstić information content (AvgIpc) is 4.26. The molecule has 2 aliphatic heterocycles. The van der Waals surface area contributed by atoms with E-state index in [2.05, 4.69) is 39.4 Å². The predicted molar refractivity (Wildman–Crippen MR) is 325 cm³/mol. The van der Waals surface area contributed by atoms with Crippen LogP contribution in [0.25, 0.3) is 24.3 Å². The molecule has 0 radical (unpaired) electrons. The average molecular weight is 1170 g/mol. The Morgan fingerprint density at radius 1 is 0.928 bits per heavy atom. The number of nitrogens with zero attached hydrogens (tertiary/aromatic N) is 6. The fraction of sp³-hybridized carbons (Fsp3) is 0.508. The highest BCUT2D eigenvalue weighted by molar-refractivity contribution is 7.97. The van der Waals surface area contributed by atoms with E-state index in [1.165, 1.54) is 21.8 Å². The second kappa shape index (κ2) is 25.5. The number of carboxylic acid groups (broad SMARTS) is 1. The molecular formula is C63H80N10O8S2. The van der Waals surface area contributed by atoms with Crippen LogP contribution < -0.4 is 36.0 Å². The first-order valence-electron chi connectivity index (χ1n) is 29.1. The molecule has 2 bridgehead atoms. The zero-order valence-electron chi connectivity index (χ0n) is 48.8. The summed E-state index contributed by atoms with van der Waals surface area (Å²) in [5.74, 6) is -0.941. The number of benzene rings is 2. The minimum atomic E-state index is -1.15. The maximum atomic E-state index is 14.2. The summed E-state index contributed by atoms with van der Waals surface area (Å²) < 4.78 is 2.65. The number of aromatic nitrogens is 4. The van der Waals surface area contributed by atoms with Gasteiger partial charge in [0.25, 0.3) is 5.91 Å². The zero-order chi connectivity index (χ0) is 59.4. The third-order valence-corrected chi connectivity index (χ3v) is 19.0. The Hall–Kier alpha value is -6.90. The van der Waals surface area contributed by atoms with Gasteiger partial charge in [0.15, 0.2) is 10.8 Å². The molecule has 4 aliphatic rings. The van der Waals surface area contributed by atoms with E-state index in [9.17, 15) is 39.0 Å². The number of likely N-dealkylation sites (tertiary alicyclic amines) is 1. The number of carbonyl (C=O) groups is 6. The van der Waals surface area contributed by atoms with E-state index < -0.39 is 35.0 Å². The molecule has 3 aromatic heterocycles. The van der Waals surface area contributed by atoms with Crippen LogP contribution in [0.2, 0.25) is 0 Å². The van der Waals surface area contributed by atoms with Gasteiger partial charge < -0.3 is 36.0 Å². The summed E-state index contributed by atoms with van der Waals surface area (Å²) in [6, 6.07) is 15.3. The summed E-state index contributed by atoms with van der Waals surface area (Å²) in [4.78, 5) is 94.2. The number of β-amino-alcohol motifs (C(OH)–C–C–N with tert-alkyl or cyclic N) is 1. The number of carboxylic acids is 1. The number of aliphatic hydroxyl groups excluding tert-OH is 1. The van der Waals surface area contributed by atoms with Gasteiger partial charge >= 0.3 is 5.97 Å². The van der Waals surface area contributed by atoms with Crippen molar-refractivity contribution in [1.82, 2.24) is 40.6 Å². The first-order valence-corrected chi connectivity index (χ1v) is 31.3. The minimum absolute atomic E-state index is 0.00691. The van der Waals surface area contributed by atoms with Crippen molar-refractivity contribution in [2.45, 2.75) is 161 Å². The van der Waals surface area contributed by atoms with E-state index in [1.54, 1.807) is 30.1 Å². The SMILES string of the molecule is C=c1nc(NC(=O)c2cccc3c2CN(c2ccc(-c4cnn(CC56CCCC(C(=O)NCCCCCCC(=O)N[C@H](C(=O)N7C[C@H](O)C[C@H]7C(=O)N[C@@H](C)c7ccc(CSC)cc7)C(C)(C)C)(CC5)C6)c4C)c(C(=O)O)n2)CC3)sc1=C. The standard InChI is InChI=1S/C63H80N10O8S2/c1-38-41(4)83-60(67-38)70-55(76)47-16-13-15-44-24-30-71(34-49(44)47)51-23-22-46(53(68-51)58(79)80)48-32-65-73(40(48)3)37-62-25-14-26-63(36-62,28-27-62)59(81)64-29-12-10-9-11-17-52(75)69-54(61(5,6)7)57(78)72-33-45(74)31-50(72)56(77)66-39(2)43-20-18-42(19-21-43)35-82-8/h13,15-16,18-23,32,39,45,50,54,74H,1,4,9-12,14,17,24-31,33-37H2,2-3,5-8H3,(H,64,81)(H,66,77)(H,69,75)(H,79,80)(H,67,70,76)/t39-,45+,50-,54+,62?,63?/m0/s1. The molecule has 442 valence electrons. The zero-order valence-corrected chi connectivity index (χ0v) is 50.4. The molecule has 5 heterocycles. The smallest absolute Gasteiger partial charge is 0.355 e. The maximum Gasteiger partial charge on any atom is 0.355 e. The fourth-order valence-electron chi connectivity index (χ4n) is 12.9. The highest BCUT2D eigenvalue weighted by atomic mass is 32.2. The molecule has 83 heavy (non-hydrogen) atoms. The lowest BCUT2D eigenvalue weighted by atomic mass is 9.68. The van der Waals surface area contributed by atoms with Crippen molar-refractivity contribution in [3.05, 3.63) is 110 Å². The van der Waals surface area contributed by atoms with E-state index in [-0.39, 0.29) is 66.1 Å². The topological polar surface area (TPSA) is 241 Å². The molecule has 18 nitrogen and oxygen atoms in total. The van der Waals surface area contributed by atoms with E-state index >= 15 is 0 Å². The molecule has 2 saturated carbocycles. The van der Waals surface area contributed by atoms with Gasteiger partial charge in [-0.15, -0.1) is 0 Å². The monoisotopic (exact) mass is 1170 g/mol. The van der Waals surface area contributed by atoms with Crippen molar-refractivity contribution in [1.29, 1.82) is 0 Å². The predicted octanol–water partition coefficient (Wildman–Crippen LogP) is 7.68. The number of hydrogen-bond acceptors (Lipinski definition) is 13. The highest BCUT2D eigenvalue weighted by Crippen LogP contribution is 2.59. The number of fused-ring (bicyclic) bond motifs is 3. The van der Waals surface area contributed by atoms with Crippen LogP contribution >= 0.6 is 23.1 Å². The number of hydrogen-bond donors (Lipinski definition) is 6. The van der Waals surface area contributed by atoms with E-state index in [4.69, 9.17) is 10.1 Å². The Labute approximate surface area is 494 Å². The maximum absolute atomic E-state index is 14.2. The number of amides is 5. The van der Waals surface area contributed by atoms with Gasteiger partial charge in [0.2, 0.25) is 23.6 Å². The number of aromatic carboxylic acids is 1. The van der Waals surface area contributed by atoms with Crippen molar-refractivity contribution < 1.29 is 39.0 Å². The number of thioether (sulfide) groups is 1. The first kappa shape index (κ1) is 60.7. The Bertz CT molecular complexity index is 3330. The molecule has 0 spiro atoms. The number of nitrogens with one attached hydrogen (secondary N) is 4. The lowest BCUT2D eigenvalue weighted by Crippen LogP contribution is -2.57. The van der Waals surface area contributed by atoms with Gasteiger partial charge in [-0.05, 0) is 123 Å². The number of anilines is 2. The van der Waals surface area contributed by atoms with E-state index in [0.717, 1.165) is 85.9 Å². The second-order valence-corrected chi connectivity index (χ2v) is 26.5. The van der Waals surface area contributed by atoms with Gasteiger partial charge in [0.1, 0.15) is 17.9 Å². The van der Waals surface area contributed by atoms with Crippen molar-refractivity contribution >= 4 is 82.7 Å². The number of unbranched alkanes of at least 4 members (excludes halogenated alkanes) is 3. The molecule has 2 aromatic carbocycles. The normalized spacial score (nSPS) is 21.0. The van der Waals surface area contributed by atoms with Gasteiger partial charge in [0, 0.05) is 83.6 Å². The Balaban J connectivity index is 0.737. The molecule has 6 N–H and O–H groups in total. The van der Waals surface area contributed by atoms with Crippen molar-refractivity contribution in [2.75, 3.05) is 36.1 Å². The fourth-order valence-corrected chi connectivity index (χ4v) is 14.1. The number of pyridine rings is 1. The van der Waals surface area contributed by atoms with Crippen molar-refractivity contribution in [2.24, 2.45) is 16.2 Å². The minimum Gasteiger partial charge on any atom is -0.476 e. The summed E-state index contributed by atoms with van der Waals surface area (Å²) in [5.41, 5.74) is 5.19. The number of rotatable bonds is 22. The summed E-state index contributed by atoms with van der Waals surface area (Å²) in [6.07, 6.45) is 12.0. The molecule has 6 atom stereocenters. The van der Waals surface area contributed by atoms with Crippen LogP contribution in [-0.2, 0) is 44.4 Å². The lowest BCUT2D eigenvalue weighted by Gasteiger charge is -2.38. The summed E-state index contributed by atoms with van der Waals surface area (Å²) in [6.45, 7) is 19.4. The van der Waals surface area contributed by atoms with Crippen LogP contribution in [0.1, 0.15) is 160 Å². The van der Waals surface area contributed by atoms with Crippen LogP contribution in [-0.4, -0.2) is 114 Å². The molecule has 9 rings (SSSR count). The summed E-state index contributed by atoms with van der Waals surface area (Å²) in [5, 5.41) is 39.2. The molecule has 20 heteroatoms. The Kier molecular flexibility index (Phi) is 18.7. The van der Waals surface area contributed by atoms with Crippen molar-refractivity contribution in [3.63, 3.8) is 0 Å². The van der Waals surface area contributed by atoms with Crippen LogP contribution in [0.3, 0.4) is 0 Å². The largest absolute Gasteiger partial charge is 0.476 e. The van der Waals surface area contributed by atoms with Crippen LogP contribution in [0.4, 0.5) is 10.9 Å². The molecule has 5 aromatic rings. The molecule has 5 amide bonds. The first-order chi connectivity index (χ1) is 39.6. The van der Waals surface area contributed by atoms with Gasteiger partial charge in [-0.25, -0.2) is 14.8 Å². The summed E-state index contributed by atoms with van der Waals surface area (Å²) in [7, 11) is 0. The molecule has 1 saturated heterocycles. The quantitative estimate of drug-likeness (QED) is 0.0365. The van der Waals surface area contributed by atoms with Gasteiger partial charge in [-0.3, -0.25) is 34.0 Å². The van der Waals surface area contributed by atoms with E-state index in [0.29, 0.717) is 76.5 Å². The van der Waals surface area contributed by atoms with Crippen LogP contribution in [0.15, 0.2) is 60.8 Å². The van der Waals surface area contributed by atoms with Gasteiger partial charge in [-0.1, -0.05) is 101 Å². The third-order valence-electron chi connectivity index (χ3n) is 17.5. The second-order valence-electron chi connectivity index (χ2n) is 24.5. The van der Waals surface area contributed by atoms with Gasteiger partial charge in [0.05, 0.1) is 23.7 Å². The molecule has 2 aliphatic carbocycles. The lowest BCUT2D eigenvalue weighted by molar-refractivity contribution is -0.144. The van der Waals surface area contributed by atoms with Crippen LogP contribution in [0, 0.1) is 23.2 Å². The molecule has 3 fully saturated rings. The third kappa shape index (κ3) is 13.7. The highest BCUT2D eigenvalue weighted by Gasteiger charge is 2.55. The van der Waals surface area contributed by atoms with E-state index in [1.807, 2.05) is 92.9 Å². The molecular weight excluding hydrogens is 1090 g/mol.